The molecule has 2 rings (SSSR count). The molecule has 0 aliphatic rings. The molecule has 5 heteroatoms. The second-order valence-electron chi connectivity index (χ2n) is 2.92. The van der Waals surface area contributed by atoms with Gasteiger partial charge in [0.15, 0.2) is 0 Å². The topological polar surface area (TPSA) is 78.0 Å². The van der Waals surface area contributed by atoms with Gasteiger partial charge in [-0.25, -0.2) is 4.79 Å². The summed E-state index contributed by atoms with van der Waals surface area (Å²) in [5, 5.41) is 12.3. The highest BCUT2D eigenvalue weighted by Crippen LogP contribution is 2.23. The minimum absolute atomic E-state index is 0.111. The number of hydrogen-bond donors (Lipinski definition) is 3. The van der Waals surface area contributed by atoms with Crippen LogP contribution in [0.4, 0.5) is 11.5 Å². The fraction of sp³-hybridized carbons (Fsp3) is 0. The number of para-hydroxylation sites is 2. The first-order valence-electron chi connectivity index (χ1n) is 4.36. The average Bonchev–Trinajstić information content (AvgIpc) is 2.22. The van der Waals surface area contributed by atoms with Crippen molar-refractivity contribution in [1.29, 1.82) is 0 Å². The lowest BCUT2D eigenvalue weighted by Gasteiger charge is -2.05. The van der Waals surface area contributed by atoms with Crippen molar-refractivity contribution in [1.82, 2.24) is 9.97 Å². The van der Waals surface area contributed by atoms with E-state index in [1.807, 2.05) is 0 Å². The van der Waals surface area contributed by atoms with Crippen LogP contribution >= 0.6 is 0 Å². The number of H-pyrrole nitrogens is 1. The Balaban J connectivity index is 2.30. The van der Waals surface area contributed by atoms with Gasteiger partial charge >= 0.3 is 5.69 Å². The van der Waals surface area contributed by atoms with E-state index in [-0.39, 0.29) is 5.75 Å². The number of hydrogen-bond acceptors (Lipinski definition) is 4. The minimum atomic E-state index is -0.435. The molecule has 0 spiro atoms. The molecule has 1 aromatic heterocycles. The minimum Gasteiger partial charge on any atom is -0.506 e. The number of rotatable bonds is 2. The Morgan fingerprint density at radius 1 is 1.27 bits per heavy atom. The first kappa shape index (κ1) is 9.26. The maximum absolute atomic E-state index is 10.9. The molecule has 76 valence electrons. The van der Waals surface area contributed by atoms with Gasteiger partial charge < -0.3 is 15.4 Å². The Bertz CT molecular complexity index is 522. The van der Waals surface area contributed by atoms with Crippen molar-refractivity contribution in [3.05, 3.63) is 47.0 Å². The summed E-state index contributed by atoms with van der Waals surface area (Å²) in [6, 6.07) is 8.34. The van der Waals surface area contributed by atoms with Crippen LogP contribution in [0.25, 0.3) is 0 Å². The monoisotopic (exact) mass is 203 g/mol. The number of nitrogens with zero attached hydrogens (tertiary/aromatic N) is 1. The first-order chi connectivity index (χ1) is 7.25. The molecule has 1 heterocycles. The van der Waals surface area contributed by atoms with Gasteiger partial charge in [-0.1, -0.05) is 12.1 Å². The number of phenols is 1. The Morgan fingerprint density at radius 2 is 2.07 bits per heavy atom. The SMILES string of the molecule is O=c1nc(Nc2ccccc2O)cc[nH]1. The van der Waals surface area contributed by atoms with Gasteiger partial charge in [-0.3, -0.25) is 0 Å². The van der Waals surface area contributed by atoms with Gasteiger partial charge in [-0.05, 0) is 18.2 Å². The van der Waals surface area contributed by atoms with Gasteiger partial charge in [0.2, 0.25) is 0 Å². The fourth-order valence-corrected chi connectivity index (χ4v) is 1.16. The summed E-state index contributed by atoms with van der Waals surface area (Å²) in [6.45, 7) is 0. The second-order valence-corrected chi connectivity index (χ2v) is 2.92. The number of aromatic nitrogens is 2. The molecule has 0 saturated carbocycles. The smallest absolute Gasteiger partial charge is 0.346 e. The van der Waals surface area contributed by atoms with Crippen molar-refractivity contribution in [2.75, 3.05) is 5.32 Å². The van der Waals surface area contributed by atoms with Crippen molar-refractivity contribution in [2.24, 2.45) is 0 Å². The summed E-state index contributed by atoms with van der Waals surface area (Å²) in [7, 11) is 0. The van der Waals surface area contributed by atoms with Gasteiger partial charge in [0, 0.05) is 6.20 Å². The van der Waals surface area contributed by atoms with Crippen LogP contribution in [0, 0.1) is 0 Å². The Morgan fingerprint density at radius 3 is 2.80 bits per heavy atom. The quantitative estimate of drug-likeness (QED) is 0.641. The van der Waals surface area contributed by atoms with Gasteiger partial charge in [0.1, 0.15) is 11.6 Å². The van der Waals surface area contributed by atoms with Crippen LogP contribution in [0.2, 0.25) is 0 Å². The van der Waals surface area contributed by atoms with Gasteiger partial charge in [-0.15, -0.1) is 0 Å². The molecule has 5 nitrogen and oxygen atoms in total. The molecule has 15 heavy (non-hydrogen) atoms. The Kier molecular flexibility index (Phi) is 2.37. The molecular formula is C10H9N3O2. The van der Waals surface area contributed by atoms with E-state index >= 15 is 0 Å². The van der Waals surface area contributed by atoms with Crippen LogP contribution in [-0.2, 0) is 0 Å². The lowest BCUT2D eigenvalue weighted by atomic mass is 10.3. The highest BCUT2D eigenvalue weighted by atomic mass is 16.3. The largest absolute Gasteiger partial charge is 0.506 e. The molecule has 0 aliphatic heterocycles. The molecule has 3 N–H and O–H groups in total. The van der Waals surface area contributed by atoms with Gasteiger partial charge in [0.05, 0.1) is 5.69 Å². The van der Waals surface area contributed by atoms with Crippen LogP contribution < -0.4 is 11.0 Å². The molecule has 0 amide bonds. The van der Waals surface area contributed by atoms with E-state index in [0.717, 1.165) is 0 Å². The van der Waals surface area contributed by atoms with Crippen LogP contribution in [0.15, 0.2) is 41.3 Å². The number of phenolic OH excluding ortho intramolecular Hbond substituents is 1. The summed E-state index contributed by atoms with van der Waals surface area (Å²) in [5.74, 6) is 0.500. The van der Waals surface area contributed by atoms with Gasteiger partial charge in [-0.2, -0.15) is 4.98 Å². The molecule has 0 saturated heterocycles. The third-order valence-electron chi connectivity index (χ3n) is 1.84. The zero-order valence-electron chi connectivity index (χ0n) is 7.77. The summed E-state index contributed by atoms with van der Waals surface area (Å²) in [4.78, 5) is 17.0. The molecule has 0 unspecified atom stereocenters. The van der Waals surface area contributed by atoms with Crippen molar-refractivity contribution in [2.45, 2.75) is 0 Å². The van der Waals surface area contributed by atoms with Crippen LogP contribution in [-0.4, -0.2) is 15.1 Å². The zero-order chi connectivity index (χ0) is 10.7. The maximum atomic E-state index is 10.9. The van der Waals surface area contributed by atoms with Gasteiger partial charge in [0.25, 0.3) is 0 Å². The van der Waals surface area contributed by atoms with Crippen molar-refractivity contribution in [3.8, 4) is 5.75 Å². The highest BCUT2D eigenvalue weighted by molar-refractivity contribution is 5.62. The second kappa shape index (κ2) is 3.83. The van der Waals surface area contributed by atoms with E-state index < -0.39 is 5.69 Å². The number of benzene rings is 1. The molecule has 0 fully saturated rings. The lowest BCUT2D eigenvalue weighted by molar-refractivity contribution is 0.477. The predicted molar refractivity (Wildman–Crippen MR) is 56.2 cm³/mol. The van der Waals surface area contributed by atoms with Crippen LogP contribution in [0.3, 0.4) is 0 Å². The van der Waals surface area contributed by atoms with E-state index in [9.17, 15) is 9.90 Å². The van der Waals surface area contributed by atoms with Crippen LogP contribution in [0.1, 0.15) is 0 Å². The van der Waals surface area contributed by atoms with E-state index in [2.05, 4.69) is 15.3 Å². The van der Waals surface area contributed by atoms with Crippen molar-refractivity contribution < 1.29 is 5.11 Å². The number of aromatic hydroxyl groups is 1. The third-order valence-corrected chi connectivity index (χ3v) is 1.84. The summed E-state index contributed by atoms with van der Waals surface area (Å²) < 4.78 is 0. The lowest BCUT2D eigenvalue weighted by Crippen LogP contribution is -2.10. The Labute approximate surface area is 85.4 Å². The summed E-state index contributed by atoms with van der Waals surface area (Å²) >= 11 is 0. The van der Waals surface area contributed by atoms with Crippen molar-refractivity contribution >= 4 is 11.5 Å². The highest BCUT2D eigenvalue weighted by Gasteiger charge is 2.00. The summed E-state index contributed by atoms with van der Waals surface area (Å²) in [6.07, 6.45) is 1.48. The van der Waals surface area contributed by atoms with Crippen LogP contribution in [0.5, 0.6) is 5.75 Å². The van der Waals surface area contributed by atoms with Crippen molar-refractivity contribution in [3.63, 3.8) is 0 Å². The normalized spacial score (nSPS) is 9.87. The Hall–Kier alpha value is -2.30. The molecule has 0 radical (unpaired) electrons. The number of nitrogens with one attached hydrogen (secondary N) is 2. The molecule has 2 aromatic rings. The first-order valence-corrected chi connectivity index (χ1v) is 4.36. The van der Waals surface area contributed by atoms with E-state index in [4.69, 9.17) is 0 Å². The standard InChI is InChI=1S/C10H9N3O2/c14-8-4-2-1-3-7(8)12-9-5-6-11-10(15)13-9/h1-6,14H,(H2,11,12,13,15). The molecule has 0 atom stereocenters. The molecule has 0 bridgehead atoms. The maximum Gasteiger partial charge on any atom is 0.346 e. The average molecular weight is 203 g/mol. The van der Waals surface area contributed by atoms with E-state index in [0.29, 0.717) is 11.5 Å². The fourth-order valence-electron chi connectivity index (χ4n) is 1.16. The molecule has 0 aliphatic carbocycles. The van der Waals surface area contributed by atoms with E-state index in [1.54, 1.807) is 30.3 Å². The summed E-state index contributed by atoms with van der Waals surface area (Å²) in [5.41, 5.74) is 0.0750. The molecular weight excluding hydrogens is 194 g/mol. The predicted octanol–water partition coefficient (Wildman–Crippen LogP) is 1.22. The zero-order valence-corrected chi connectivity index (χ0v) is 7.77. The molecule has 1 aromatic carbocycles. The number of anilines is 2. The third kappa shape index (κ3) is 2.14. The van der Waals surface area contributed by atoms with E-state index in [1.165, 1.54) is 6.20 Å². The number of aromatic amines is 1.